The van der Waals surface area contributed by atoms with Crippen LogP contribution < -0.4 is 15.4 Å². The van der Waals surface area contributed by atoms with E-state index in [1.807, 2.05) is 30.3 Å². The molecule has 5 heteroatoms. The van der Waals surface area contributed by atoms with E-state index in [1.165, 1.54) is 0 Å². The third kappa shape index (κ3) is 2.97. The molecule has 2 aromatic carbocycles. The normalized spacial score (nSPS) is 17.2. The third-order valence-electron chi connectivity index (χ3n) is 4.41. The lowest BCUT2D eigenvalue weighted by Crippen LogP contribution is -2.30. The van der Waals surface area contributed by atoms with Crippen LogP contribution in [0.15, 0.2) is 48.5 Å². The van der Waals surface area contributed by atoms with Crippen molar-refractivity contribution in [2.75, 3.05) is 11.9 Å². The maximum atomic E-state index is 12.7. The van der Waals surface area contributed by atoms with Gasteiger partial charge in [-0.1, -0.05) is 30.3 Å². The summed E-state index contributed by atoms with van der Waals surface area (Å²) in [6, 6.07) is 15.2. The Morgan fingerprint density at radius 3 is 2.71 bits per heavy atom. The summed E-state index contributed by atoms with van der Waals surface area (Å²) in [5.41, 5.74) is 2.19. The Balaban J connectivity index is 1.55. The average Bonchev–Trinajstić information content (AvgIpc) is 3.44. The summed E-state index contributed by atoms with van der Waals surface area (Å²) in [5, 5.41) is 5.87. The molecule has 1 fully saturated rings. The SMILES string of the molecule is O=C1COc2ccc(C(=O)NC(c3ccccc3)C3CC3)cc2N1. The topological polar surface area (TPSA) is 67.4 Å². The largest absolute Gasteiger partial charge is 0.482 e. The van der Waals surface area contributed by atoms with Crippen LogP contribution >= 0.6 is 0 Å². The Morgan fingerprint density at radius 2 is 1.96 bits per heavy atom. The highest BCUT2D eigenvalue weighted by Crippen LogP contribution is 2.41. The van der Waals surface area contributed by atoms with Crippen molar-refractivity contribution in [3.8, 4) is 5.75 Å². The van der Waals surface area contributed by atoms with Crippen LogP contribution in [-0.4, -0.2) is 18.4 Å². The second-order valence-electron chi connectivity index (χ2n) is 6.25. The predicted octanol–water partition coefficient (Wildman–Crippen LogP) is 2.90. The molecule has 2 aromatic rings. The van der Waals surface area contributed by atoms with Crippen LogP contribution in [-0.2, 0) is 4.79 Å². The van der Waals surface area contributed by atoms with E-state index in [-0.39, 0.29) is 24.5 Å². The van der Waals surface area contributed by atoms with E-state index < -0.39 is 0 Å². The predicted molar refractivity (Wildman–Crippen MR) is 89.9 cm³/mol. The molecule has 4 rings (SSSR count). The van der Waals surface area contributed by atoms with Gasteiger partial charge in [0.15, 0.2) is 6.61 Å². The molecule has 2 aliphatic rings. The molecule has 122 valence electrons. The highest BCUT2D eigenvalue weighted by molar-refractivity contribution is 6.00. The van der Waals surface area contributed by atoms with E-state index in [4.69, 9.17) is 4.74 Å². The zero-order chi connectivity index (χ0) is 16.5. The van der Waals surface area contributed by atoms with Gasteiger partial charge in [-0.25, -0.2) is 0 Å². The van der Waals surface area contributed by atoms with Crippen LogP contribution in [0.2, 0.25) is 0 Å². The molecule has 0 bridgehead atoms. The molecule has 0 radical (unpaired) electrons. The summed E-state index contributed by atoms with van der Waals surface area (Å²) in [6.07, 6.45) is 2.27. The average molecular weight is 322 g/mol. The Morgan fingerprint density at radius 1 is 1.17 bits per heavy atom. The van der Waals surface area contributed by atoms with Crippen molar-refractivity contribution >= 4 is 17.5 Å². The zero-order valence-corrected chi connectivity index (χ0v) is 13.1. The monoisotopic (exact) mass is 322 g/mol. The summed E-state index contributed by atoms with van der Waals surface area (Å²) < 4.78 is 5.33. The Bertz CT molecular complexity index is 784. The van der Waals surface area contributed by atoms with Gasteiger partial charge in [-0.3, -0.25) is 9.59 Å². The quantitative estimate of drug-likeness (QED) is 0.909. The van der Waals surface area contributed by atoms with Gasteiger partial charge in [0.25, 0.3) is 11.8 Å². The van der Waals surface area contributed by atoms with Gasteiger partial charge < -0.3 is 15.4 Å². The van der Waals surface area contributed by atoms with Crippen molar-refractivity contribution in [1.82, 2.24) is 5.32 Å². The fourth-order valence-corrected chi connectivity index (χ4v) is 3.01. The summed E-state index contributed by atoms with van der Waals surface area (Å²) in [5.74, 6) is 0.739. The molecule has 1 aliphatic carbocycles. The smallest absolute Gasteiger partial charge is 0.262 e. The number of fused-ring (bicyclic) bond motifs is 1. The molecule has 0 saturated heterocycles. The number of carbonyl (C=O) groups is 2. The lowest BCUT2D eigenvalue weighted by molar-refractivity contribution is -0.118. The van der Waals surface area contributed by atoms with Gasteiger partial charge in [-0.05, 0) is 42.5 Å². The summed E-state index contributed by atoms with van der Waals surface area (Å²) in [7, 11) is 0. The second-order valence-corrected chi connectivity index (χ2v) is 6.25. The fraction of sp³-hybridized carbons (Fsp3) is 0.263. The molecule has 1 heterocycles. The van der Waals surface area contributed by atoms with E-state index in [0.717, 1.165) is 18.4 Å². The number of anilines is 1. The van der Waals surface area contributed by atoms with Crippen LogP contribution in [0, 0.1) is 5.92 Å². The van der Waals surface area contributed by atoms with Gasteiger partial charge in [-0.2, -0.15) is 0 Å². The minimum Gasteiger partial charge on any atom is -0.482 e. The first-order valence-electron chi connectivity index (χ1n) is 8.13. The molecule has 1 unspecified atom stereocenters. The maximum absolute atomic E-state index is 12.7. The number of nitrogens with one attached hydrogen (secondary N) is 2. The number of ether oxygens (including phenoxy) is 1. The Kier molecular flexibility index (Phi) is 3.69. The first-order chi connectivity index (χ1) is 11.7. The first kappa shape index (κ1) is 14.8. The van der Waals surface area contributed by atoms with Gasteiger partial charge >= 0.3 is 0 Å². The van der Waals surface area contributed by atoms with Crippen LogP contribution in [0.25, 0.3) is 0 Å². The molecule has 1 atom stereocenters. The van der Waals surface area contributed by atoms with Gasteiger partial charge in [0.05, 0.1) is 11.7 Å². The fourth-order valence-electron chi connectivity index (χ4n) is 3.01. The first-order valence-corrected chi connectivity index (χ1v) is 8.13. The molecule has 2 N–H and O–H groups in total. The van der Waals surface area contributed by atoms with Gasteiger partial charge in [-0.15, -0.1) is 0 Å². The van der Waals surface area contributed by atoms with E-state index in [0.29, 0.717) is 22.9 Å². The van der Waals surface area contributed by atoms with Gasteiger partial charge in [0, 0.05) is 5.56 Å². The number of carbonyl (C=O) groups excluding carboxylic acids is 2. The lowest BCUT2D eigenvalue weighted by atomic mass is 10.0. The van der Waals surface area contributed by atoms with Crippen molar-refractivity contribution < 1.29 is 14.3 Å². The molecular weight excluding hydrogens is 304 g/mol. The number of amides is 2. The van der Waals surface area contributed by atoms with Crippen molar-refractivity contribution in [2.45, 2.75) is 18.9 Å². The molecule has 1 saturated carbocycles. The third-order valence-corrected chi connectivity index (χ3v) is 4.41. The Hall–Kier alpha value is -2.82. The highest BCUT2D eigenvalue weighted by Gasteiger charge is 2.33. The van der Waals surface area contributed by atoms with Crippen LogP contribution in [0.5, 0.6) is 5.75 Å². The summed E-state index contributed by atoms with van der Waals surface area (Å²) in [6.45, 7) is 0.0102. The highest BCUT2D eigenvalue weighted by atomic mass is 16.5. The van der Waals surface area contributed by atoms with E-state index in [2.05, 4.69) is 10.6 Å². The second kappa shape index (κ2) is 6.00. The van der Waals surface area contributed by atoms with Crippen LogP contribution in [0.4, 0.5) is 5.69 Å². The summed E-state index contributed by atoms with van der Waals surface area (Å²) in [4.78, 5) is 24.1. The molecule has 24 heavy (non-hydrogen) atoms. The molecule has 0 spiro atoms. The standard InChI is InChI=1S/C19H18N2O3/c22-17-11-24-16-9-8-14(10-15(16)20-17)19(23)21-18(13-6-7-13)12-4-2-1-3-5-12/h1-5,8-10,13,18H,6-7,11H2,(H,20,22)(H,21,23). The van der Waals surface area contributed by atoms with Crippen molar-refractivity contribution in [2.24, 2.45) is 5.92 Å². The minimum atomic E-state index is -0.208. The van der Waals surface area contributed by atoms with E-state index >= 15 is 0 Å². The molecule has 5 nitrogen and oxygen atoms in total. The number of hydrogen-bond acceptors (Lipinski definition) is 3. The number of benzene rings is 2. The van der Waals surface area contributed by atoms with Gasteiger partial charge in [0.2, 0.25) is 0 Å². The van der Waals surface area contributed by atoms with Gasteiger partial charge in [0.1, 0.15) is 5.75 Å². The van der Waals surface area contributed by atoms with E-state index in [9.17, 15) is 9.59 Å². The van der Waals surface area contributed by atoms with Crippen molar-refractivity contribution in [1.29, 1.82) is 0 Å². The number of rotatable bonds is 4. The maximum Gasteiger partial charge on any atom is 0.262 e. The summed E-state index contributed by atoms with van der Waals surface area (Å²) >= 11 is 0. The molecule has 1 aliphatic heterocycles. The van der Waals surface area contributed by atoms with Crippen LogP contribution in [0.1, 0.15) is 34.8 Å². The molecular formula is C19H18N2O3. The molecule has 2 amide bonds. The molecule has 0 aromatic heterocycles. The van der Waals surface area contributed by atoms with Crippen LogP contribution in [0.3, 0.4) is 0 Å². The van der Waals surface area contributed by atoms with E-state index in [1.54, 1.807) is 18.2 Å². The Labute approximate surface area is 140 Å². The minimum absolute atomic E-state index is 0.0102. The van der Waals surface area contributed by atoms with Crippen molar-refractivity contribution in [3.05, 3.63) is 59.7 Å². The lowest BCUT2D eigenvalue weighted by Gasteiger charge is -2.21. The van der Waals surface area contributed by atoms with Crippen molar-refractivity contribution in [3.63, 3.8) is 0 Å². The zero-order valence-electron chi connectivity index (χ0n) is 13.1. The number of hydrogen-bond donors (Lipinski definition) is 2.